The minimum absolute atomic E-state index is 0.0580. The van der Waals surface area contributed by atoms with Gasteiger partial charge in [-0.05, 0) is 20.4 Å². The van der Waals surface area contributed by atoms with Crippen molar-refractivity contribution in [3.05, 3.63) is 12.5 Å². The highest BCUT2D eigenvalue weighted by atomic mass is 16.5. The number of carbonyl (C=O) groups is 1. The molecule has 0 radical (unpaired) electrons. The molecular formula is C10H21NO3. The Kier molecular flexibility index (Phi) is 10.8. The van der Waals surface area contributed by atoms with E-state index in [-0.39, 0.29) is 18.6 Å². The van der Waals surface area contributed by atoms with Crippen molar-refractivity contribution >= 4 is 5.97 Å². The van der Waals surface area contributed by atoms with Gasteiger partial charge in [0.05, 0.1) is 13.2 Å². The first-order valence-electron chi connectivity index (χ1n) is 4.72. The molecule has 0 amide bonds. The highest BCUT2D eigenvalue weighted by molar-refractivity contribution is 5.71. The second-order valence-electron chi connectivity index (χ2n) is 2.52. The number of ether oxygens (including phenoxy) is 2. The average molecular weight is 203 g/mol. The SMILES string of the molecule is C=C(NCC(=O)OC)OC(C)C.CC. The largest absolute Gasteiger partial charge is 0.477 e. The van der Waals surface area contributed by atoms with Gasteiger partial charge in [-0.25, -0.2) is 0 Å². The van der Waals surface area contributed by atoms with Crippen LogP contribution in [0.4, 0.5) is 0 Å². The van der Waals surface area contributed by atoms with Gasteiger partial charge < -0.3 is 14.8 Å². The van der Waals surface area contributed by atoms with Gasteiger partial charge in [-0.15, -0.1) is 0 Å². The van der Waals surface area contributed by atoms with Crippen molar-refractivity contribution in [2.75, 3.05) is 13.7 Å². The van der Waals surface area contributed by atoms with Crippen molar-refractivity contribution < 1.29 is 14.3 Å². The molecule has 0 fully saturated rings. The Labute approximate surface area is 86.3 Å². The molecule has 0 aromatic rings. The molecule has 0 aliphatic carbocycles. The van der Waals surface area contributed by atoms with Crippen molar-refractivity contribution in [3.63, 3.8) is 0 Å². The minimum Gasteiger partial charge on any atom is -0.477 e. The van der Waals surface area contributed by atoms with Gasteiger partial charge >= 0.3 is 5.97 Å². The third kappa shape index (κ3) is 10.8. The highest BCUT2D eigenvalue weighted by Gasteiger charge is 2.01. The quantitative estimate of drug-likeness (QED) is 0.545. The van der Waals surface area contributed by atoms with Gasteiger partial charge in [-0.3, -0.25) is 4.79 Å². The summed E-state index contributed by atoms with van der Waals surface area (Å²) in [4.78, 5) is 10.6. The molecule has 4 nitrogen and oxygen atoms in total. The zero-order valence-corrected chi connectivity index (χ0v) is 9.72. The van der Waals surface area contributed by atoms with Crippen molar-refractivity contribution in [1.29, 1.82) is 0 Å². The van der Waals surface area contributed by atoms with Gasteiger partial charge in [0.25, 0.3) is 0 Å². The van der Waals surface area contributed by atoms with E-state index in [2.05, 4.69) is 16.6 Å². The van der Waals surface area contributed by atoms with E-state index in [9.17, 15) is 4.79 Å². The maximum Gasteiger partial charge on any atom is 0.325 e. The fraction of sp³-hybridized carbons (Fsp3) is 0.700. The van der Waals surface area contributed by atoms with E-state index in [0.29, 0.717) is 5.88 Å². The van der Waals surface area contributed by atoms with Crippen LogP contribution in [-0.2, 0) is 14.3 Å². The summed E-state index contributed by atoms with van der Waals surface area (Å²) in [5.41, 5.74) is 0. The highest BCUT2D eigenvalue weighted by Crippen LogP contribution is 1.94. The Morgan fingerprint density at radius 2 is 1.93 bits per heavy atom. The Morgan fingerprint density at radius 1 is 1.43 bits per heavy atom. The van der Waals surface area contributed by atoms with Crippen LogP contribution in [0.15, 0.2) is 12.5 Å². The lowest BCUT2D eigenvalue weighted by molar-refractivity contribution is -0.139. The van der Waals surface area contributed by atoms with Crippen LogP contribution in [0.3, 0.4) is 0 Å². The molecule has 14 heavy (non-hydrogen) atoms. The minimum atomic E-state index is -0.344. The molecule has 84 valence electrons. The van der Waals surface area contributed by atoms with Gasteiger partial charge in [0.1, 0.15) is 6.54 Å². The maximum atomic E-state index is 10.6. The lowest BCUT2D eigenvalue weighted by atomic mass is 10.5. The standard InChI is InChI=1S/C8H15NO3.C2H6/c1-6(2)12-7(3)9-5-8(10)11-4;1-2/h6,9H,3,5H2,1-2,4H3;1-2H3. The van der Waals surface area contributed by atoms with E-state index >= 15 is 0 Å². The van der Waals surface area contributed by atoms with Crippen LogP contribution < -0.4 is 5.32 Å². The Bertz CT molecular complexity index is 167. The smallest absolute Gasteiger partial charge is 0.325 e. The summed E-state index contributed by atoms with van der Waals surface area (Å²) >= 11 is 0. The molecule has 0 spiro atoms. The zero-order valence-electron chi connectivity index (χ0n) is 9.72. The molecule has 0 bridgehead atoms. The van der Waals surface area contributed by atoms with E-state index in [1.165, 1.54) is 7.11 Å². The van der Waals surface area contributed by atoms with E-state index in [4.69, 9.17) is 4.74 Å². The molecule has 0 atom stereocenters. The van der Waals surface area contributed by atoms with Gasteiger partial charge in [0.2, 0.25) is 0 Å². The molecule has 0 saturated heterocycles. The predicted octanol–water partition coefficient (Wildman–Crippen LogP) is 1.67. The number of esters is 1. The second-order valence-corrected chi connectivity index (χ2v) is 2.52. The molecule has 0 unspecified atom stereocenters. The normalized spacial score (nSPS) is 8.43. The Balaban J connectivity index is 0. The number of carbonyl (C=O) groups excluding carboxylic acids is 1. The van der Waals surface area contributed by atoms with E-state index < -0.39 is 0 Å². The van der Waals surface area contributed by atoms with Crippen molar-refractivity contribution in [3.8, 4) is 0 Å². The first-order valence-corrected chi connectivity index (χ1v) is 4.72. The van der Waals surface area contributed by atoms with E-state index in [0.717, 1.165) is 0 Å². The summed E-state index contributed by atoms with van der Waals surface area (Å²) in [6, 6.07) is 0. The van der Waals surface area contributed by atoms with E-state index in [1.54, 1.807) is 0 Å². The summed E-state index contributed by atoms with van der Waals surface area (Å²) < 4.78 is 9.54. The van der Waals surface area contributed by atoms with Gasteiger partial charge in [0.15, 0.2) is 5.88 Å². The summed E-state index contributed by atoms with van der Waals surface area (Å²) in [7, 11) is 1.33. The Hall–Kier alpha value is -1.19. The number of nitrogens with one attached hydrogen (secondary N) is 1. The monoisotopic (exact) mass is 203 g/mol. The third-order valence-corrected chi connectivity index (χ3v) is 1.04. The molecular weight excluding hydrogens is 182 g/mol. The second kappa shape index (κ2) is 9.89. The Morgan fingerprint density at radius 3 is 2.29 bits per heavy atom. The zero-order chi connectivity index (χ0) is 11.6. The van der Waals surface area contributed by atoms with Crippen LogP contribution in [0.2, 0.25) is 0 Å². The van der Waals surface area contributed by atoms with Crippen LogP contribution in [0, 0.1) is 0 Å². The number of methoxy groups -OCH3 is 1. The van der Waals surface area contributed by atoms with Crippen LogP contribution in [0.1, 0.15) is 27.7 Å². The first-order chi connectivity index (χ1) is 6.56. The van der Waals surface area contributed by atoms with Crippen LogP contribution in [-0.4, -0.2) is 25.7 Å². The summed E-state index contributed by atoms with van der Waals surface area (Å²) in [5, 5.41) is 2.67. The fourth-order valence-electron chi connectivity index (χ4n) is 0.569. The predicted molar refractivity (Wildman–Crippen MR) is 56.7 cm³/mol. The summed E-state index contributed by atoms with van der Waals surface area (Å²) in [6.07, 6.45) is 0.0580. The summed E-state index contributed by atoms with van der Waals surface area (Å²) in [5.74, 6) is 0.0407. The number of hydrogen-bond acceptors (Lipinski definition) is 4. The molecule has 1 N–H and O–H groups in total. The average Bonchev–Trinajstić information content (AvgIpc) is 2.16. The number of rotatable bonds is 5. The maximum absolute atomic E-state index is 10.6. The summed E-state index contributed by atoms with van der Waals surface area (Å²) in [6.45, 7) is 11.4. The molecule has 0 aromatic heterocycles. The molecule has 0 saturated carbocycles. The van der Waals surface area contributed by atoms with Crippen LogP contribution >= 0.6 is 0 Å². The lowest BCUT2D eigenvalue weighted by Crippen LogP contribution is -2.25. The van der Waals surface area contributed by atoms with Crippen LogP contribution in [0.25, 0.3) is 0 Å². The molecule has 0 rings (SSSR count). The molecule has 0 aliphatic heterocycles. The molecule has 0 aromatic carbocycles. The molecule has 0 aliphatic rings. The van der Waals surface area contributed by atoms with Gasteiger partial charge in [-0.2, -0.15) is 0 Å². The lowest BCUT2D eigenvalue weighted by Gasteiger charge is -2.12. The first kappa shape index (κ1) is 15.3. The van der Waals surface area contributed by atoms with Crippen molar-refractivity contribution in [1.82, 2.24) is 5.32 Å². The van der Waals surface area contributed by atoms with Crippen molar-refractivity contribution in [2.45, 2.75) is 33.8 Å². The van der Waals surface area contributed by atoms with Gasteiger partial charge in [-0.1, -0.05) is 13.8 Å². The molecule has 4 heteroatoms. The van der Waals surface area contributed by atoms with Crippen molar-refractivity contribution in [2.24, 2.45) is 0 Å². The van der Waals surface area contributed by atoms with Crippen LogP contribution in [0.5, 0.6) is 0 Å². The number of hydrogen-bond donors (Lipinski definition) is 1. The van der Waals surface area contributed by atoms with E-state index in [1.807, 2.05) is 27.7 Å². The third-order valence-electron chi connectivity index (χ3n) is 1.04. The topological polar surface area (TPSA) is 47.6 Å². The fourth-order valence-corrected chi connectivity index (χ4v) is 0.569. The molecule has 0 heterocycles. The van der Waals surface area contributed by atoms with Gasteiger partial charge in [0, 0.05) is 0 Å².